The van der Waals surface area contributed by atoms with E-state index in [-0.39, 0.29) is 0 Å². The van der Waals surface area contributed by atoms with Gasteiger partial charge >= 0.3 is 167 Å². The van der Waals surface area contributed by atoms with E-state index in [0.717, 1.165) is 24.6 Å². The van der Waals surface area contributed by atoms with Gasteiger partial charge in [0.2, 0.25) is 0 Å². The third kappa shape index (κ3) is 3.36. The molecule has 1 aromatic carbocycles. The van der Waals surface area contributed by atoms with Gasteiger partial charge in [0.15, 0.2) is 0 Å². The molecule has 0 fully saturated rings. The second kappa shape index (κ2) is 7.38. The molecule has 2 aliphatic heterocycles. The predicted molar refractivity (Wildman–Crippen MR) is 115 cm³/mol. The van der Waals surface area contributed by atoms with Gasteiger partial charge in [-0.15, -0.1) is 0 Å². The first-order valence-electron chi connectivity index (χ1n) is 9.45. The van der Waals surface area contributed by atoms with Crippen LogP contribution in [0, 0.1) is 6.92 Å². The fourth-order valence-corrected chi connectivity index (χ4v) is 5.88. The van der Waals surface area contributed by atoms with Crippen LogP contribution in [0.15, 0.2) is 57.5 Å². The van der Waals surface area contributed by atoms with E-state index in [1.165, 1.54) is 31.2 Å². The summed E-state index contributed by atoms with van der Waals surface area (Å²) in [6, 6.07) is 17.4. The average molecular weight is 424 g/mol. The van der Waals surface area contributed by atoms with Crippen molar-refractivity contribution >= 4 is 31.2 Å². The summed E-state index contributed by atoms with van der Waals surface area (Å²) in [5.74, 6) is 1.88. The Morgan fingerprint density at radius 1 is 1.07 bits per heavy atom. The Kier molecular flexibility index (Phi) is 4.94. The Balaban J connectivity index is 1.80. The molecule has 0 aromatic heterocycles. The van der Waals surface area contributed by atoms with Gasteiger partial charge in [-0.05, 0) is 0 Å². The van der Waals surface area contributed by atoms with Crippen molar-refractivity contribution in [2.24, 2.45) is 0 Å². The van der Waals surface area contributed by atoms with Gasteiger partial charge in [0, 0.05) is 0 Å². The van der Waals surface area contributed by atoms with E-state index in [0.29, 0.717) is 15.0 Å². The minimum absolute atomic E-state index is 0.312. The first kappa shape index (κ1) is 18.1. The molecule has 0 unspecified atom stereocenters. The van der Waals surface area contributed by atoms with Crippen molar-refractivity contribution < 1.29 is 4.42 Å². The SMILES string of the molecule is CC[N+](CC)=c1ccc2c(C)cc(/C=C3/[Se]c4ccccc4N3C)oc-2c1. The molecule has 4 rings (SSSR count). The quantitative estimate of drug-likeness (QED) is 0.475. The average Bonchev–Trinajstić information content (AvgIpc) is 2.98. The van der Waals surface area contributed by atoms with Gasteiger partial charge in [-0.1, -0.05) is 0 Å². The fraction of sp³-hybridized carbons (Fsp3) is 0.261. The number of aryl methyl sites for hydroxylation is 1. The third-order valence-corrected chi connectivity index (χ3v) is 7.59. The van der Waals surface area contributed by atoms with E-state index < -0.39 is 0 Å². The summed E-state index contributed by atoms with van der Waals surface area (Å²) in [5.41, 5.74) is 3.74. The molecule has 1 aliphatic carbocycles. The van der Waals surface area contributed by atoms with Gasteiger partial charge in [-0.2, -0.15) is 0 Å². The first-order valence-corrected chi connectivity index (χ1v) is 11.2. The predicted octanol–water partition coefficient (Wildman–Crippen LogP) is 3.28. The molecule has 2 heterocycles. The van der Waals surface area contributed by atoms with Crippen molar-refractivity contribution in [1.82, 2.24) is 4.58 Å². The van der Waals surface area contributed by atoms with Crippen LogP contribution >= 0.6 is 0 Å². The zero-order valence-corrected chi connectivity index (χ0v) is 18.0. The molecule has 0 N–H and O–H groups in total. The van der Waals surface area contributed by atoms with E-state index in [2.05, 4.69) is 91.9 Å². The zero-order chi connectivity index (χ0) is 19.0. The molecule has 0 saturated carbocycles. The number of anilines is 1. The number of benzene rings is 2. The van der Waals surface area contributed by atoms with E-state index in [4.69, 9.17) is 4.42 Å². The van der Waals surface area contributed by atoms with Gasteiger partial charge in [-0.25, -0.2) is 0 Å². The summed E-state index contributed by atoms with van der Waals surface area (Å²) in [4.78, 5) is 2.29. The van der Waals surface area contributed by atoms with Crippen LogP contribution in [0.1, 0.15) is 25.2 Å². The Hall–Kier alpha value is -2.29. The summed E-state index contributed by atoms with van der Waals surface area (Å²) in [5, 5.41) is 1.22. The summed E-state index contributed by atoms with van der Waals surface area (Å²) in [7, 11) is 2.14. The zero-order valence-electron chi connectivity index (χ0n) is 16.3. The molecule has 0 atom stereocenters. The third-order valence-electron chi connectivity index (χ3n) is 5.14. The van der Waals surface area contributed by atoms with Gasteiger partial charge in [0.05, 0.1) is 0 Å². The van der Waals surface area contributed by atoms with Crippen LogP contribution in [-0.2, 0) is 0 Å². The van der Waals surface area contributed by atoms with Crippen LogP contribution < -0.4 is 19.3 Å². The molecule has 0 amide bonds. The van der Waals surface area contributed by atoms with E-state index in [1.54, 1.807) is 0 Å². The maximum absolute atomic E-state index is 6.31. The van der Waals surface area contributed by atoms with Crippen molar-refractivity contribution in [1.29, 1.82) is 0 Å². The number of nitrogens with zero attached hydrogens (tertiary/aromatic N) is 2. The molecular weight excluding hydrogens is 399 g/mol. The fourth-order valence-electron chi connectivity index (χ4n) is 3.59. The first-order chi connectivity index (χ1) is 13.1. The van der Waals surface area contributed by atoms with Crippen molar-refractivity contribution in [2.45, 2.75) is 20.8 Å². The van der Waals surface area contributed by atoms with Crippen LogP contribution in [0.4, 0.5) is 5.69 Å². The molecule has 1 aromatic rings. The molecule has 27 heavy (non-hydrogen) atoms. The van der Waals surface area contributed by atoms with Crippen molar-refractivity contribution in [3.05, 3.63) is 69.8 Å². The summed E-state index contributed by atoms with van der Waals surface area (Å²) in [6.07, 6.45) is 2.20. The topological polar surface area (TPSA) is 19.4 Å². The molecule has 3 aliphatic rings. The van der Waals surface area contributed by atoms with E-state index in [9.17, 15) is 0 Å². The molecule has 0 bridgehead atoms. The van der Waals surface area contributed by atoms with Crippen molar-refractivity contribution in [2.75, 3.05) is 25.0 Å². The van der Waals surface area contributed by atoms with Crippen LogP contribution in [0.25, 0.3) is 17.4 Å². The molecule has 3 nitrogen and oxygen atoms in total. The van der Waals surface area contributed by atoms with Crippen LogP contribution in [0.2, 0.25) is 0 Å². The second-order valence-electron chi connectivity index (χ2n) is 6.80. The molecular formula is C23H25N2OSe+. The number of rotatable bonds is 3. The Morgan fingerprint density at radius 3 is 2.59 bits per heavy atom. The Bertz CT molecular complexity index is 1060. The molecule has 4 heteroatoms. The van der Waals surface area contributed by atoms with Crippen LogP contribution in [-0.4, -0.2) is 35.1 Å². The maximum atomic E-state index is 6.31. The Morgan fingerprint density at radius 2 is 1.85 bits per heavy atom. The van der Waals surface area contributed by atoms with E-state index >= 15 is 0 Å². The van der Waals surface area contributed by atoms with Crippen LogP contribution in [0.5, 0.6) is 0 Å². The van der Waals surface area contributed by atoms with Crippen LogP contribution in [0.3, 0.4) is 0 Å². The Labute approximate surface area is 167 Å². The monoisotopic (exact) mass is 425 g/mol. The molecule has 138 valence electrons. The van der Waals surface area contributed by atoms with Gasteiger partial charge in [0.25, 0.3) is 0 Å². The van der Waals surface area contributed by atoms with E-state index in [1.807, 2.05) is 0 Å². The van der Waals surface area contributed by atoms with Gasteiger partial charge in [0.1, 0.15) is 0 Å². The number of hydrogen-bond acceptors (Lipinski definition) is 2. The number of para-hydroxylation sites is 1. The van der Waals surface area contributed by atoms with Gasteiger partial charge < -0.3 is 0 Å². The summed E-state index contributed by atoms with van der Waals surface area (Å²) in [6.45, 7) is 8.53. The molecule has 0 saturated heterocycles. The molecule has 0 radical (unpaired) electrons. The normalized spacial score (nSPS) is 14.8. The standard InChI is InChI=1S/C23H25N2OSe/c1-5-25(6-2)17-11-12-19-16(3)13-18(26-21(19)14-17)15-23-24(4)20-9-7-8-10-22(20)27-23/h7-15H,5-6H2,1-4H3/q+1. The minimum atomic E-state index is 0.312. The molecule has 0 spiro atoms. The van der Waals surface area contributed by atoms with Gasteiger partial charge in [-0.3, -0.25) is 0 Å². The van der Waals surface area contributed by atoms with Crippen molar-refractivity contribution in [3.63, 3.8) is 0 Å². The second-order valence-corrected chi connectivity index (χ2v) is 9.02. The van der Waals surface area contributed by atoms with Crippen molar-refractivity contribution in [3.8, 4) is 11.3 Å². The summed E-state index contributed by atoms with van der Waals surface area (Å²) >= 11 is 0.312. The number of fused-ring (bicyclic) bond motifs is 2. The number of hydrogen-bond donors (Lipinski definition) is 0. The summed E-state index contributed by atoms with van der Waals surface area (Å²) < 4.78 is 11.4.